The maximum Gasteiger partial charge on any atom is 0.00358 e. The highest BCUT2D eigenvalue weighted by molar-refractivity contribution is 5.27. The van der Waals surface area contributed by atoms with Crippen LogP contribution >= 0.6 is 0 Å². The van der Waals surface area contributed by atoms with Gasteiger partial charge in [-0.25, -0.2) is 0 Å². The highest BCUT2D eigenvalue weighted by atomic mass is 14.8. The summed E-state index contributed by atoms with van der Waals surface area (Å²) in [7, 11) is 2.03. The van der Waals surface area contributed by atoms with Gasteiger partial charge in [-0.1, -0.05) is 45.0 Å². The smallest absolute Gasteiger partial charge is 0.00358 e. The van der Waals surface area contributed by atoms with Crippen molar-refractivity contribution < 1.29 is 0 Å². The maximum atomic E-state index is 3.28. The molecule has 1 aromatic carbocycles. The highest BCUT2D eigenvalue weighted by Crippen LogP contribution is 2.22. The Kier molecular flexibility index (Phi) is 5.20. The first kappa shape index (κ1) is 14.2. The van der Waals surface area contributed by atoms with Crippen LogP contribution in [-0.2, 0) is 11.8 Å². The zero-order valence-electron chi connectivity index (χ0n) is 12.0. The van der Waals surface area contributed by atoms with E-state index in [9.17, 15) is 0 Å². The van der Waals surface area contributed by atoms with Crippen molar-refractivity contribution in [3.63, 3.8) is 0 Å². The standard InChI is InChI=1S/C16H27N/c1-13(17-5)7-6-8-14-9-11-15(12-10-14)16(2,3)4/h9-13,17H,6-8H2,1-5H3. The van der Waals surface area contributed by atoms with Crippen LogP contribution in [0.1, 0.15) is 51.7 Å². The van der Waals surface area contributed by atoms with Gasteiger partial charge < -0.3 is 5.32 Å². The molecule has 0 aromatic heterocycles. The van der Waals surface area contributed by atoms with Gasteiger partial charge in [0.05, 0.1) is 0 Å². The fraction of sp³-hybridized carbons (Fsp3) is 0.625. The predicted molar refractivity (Wildman–Crippen MR) is 76.6 cm³/mol. The number of nitrogens with one attached hydrogen (secondary N) is 1. The van der Waals surface area contributed by atoms with Crippen molar-refractivity contribution in [2.45, 2.75) is 58.4 Å². The van der Waals surface area contributed by atoms with Crippen LogP contribution < -0.4 is 5.32 Å². The highest BCUT2D eigenvalue weighted by Gasteiger charge is 2.12. The molecule has 0 saturated heterocycles. The Morgan fingerprint density at radius 3 is 2.18 bits per heavy atom. The zero-order valence-corrected chi connectivity index (χ0v) is 12.0. The molecule has 0 amide bonds. The van der Waals surface area contributed by atoms with Crippen molar-refractivity contribution in [2.75, 3.05) is 7.05 Å². The van der Waals surface area contributed by atoms with Crippen LogP contribution in [0, 0.1) is 0 Å². The van der Waals surface area contributed by atoms with E-state index in [1.165, 1.54) is 30.4 Å². The van der Waals surface area contributed by atoms with Crippen LogP contribution in [0.15, 0.2) is 24.3 Å². The second kappa shape index (κ2) is 6.20. The third-order valence-corrected chi connectivity index (χ3v) is 3.42. The molecule has 0 aliphatic rings. The predicted octanol–water partition coefficient (Wildman–Crippen LogP) is 3.91. The van der Waals surface area contributed by atoms with Crippen molar-refractivity contribution in [3.05, 3.63) is 35.4 Å². The lowest BCUT2D eigenvalue weighted by atomic mass is 9.86. The van der Waals surface area contributed by atoms with Gasteiger partial charge in [-0.15, -0.1) is 0 Å². The Labute approximate surface area is 107 Å². The van der Waals surface area contributed by atoms with Gasteiger partial charge in [-0.2, -0.15) is 0 Å². The van der Waals surface area contributed by atoms with Gasteiger partial charge in [0, 0.05) is 6.04 Å². The van der Waals surface area contributed by atoms with E-state index < -0.39 is 0 Å². The molecule has 1 heteroatoms. The summed E-state index contributed by atoms with van der Waals surface area (Å²) in [5.74, 6) is 0. The molecule has 0 aliphatic heterocycles. The van der Waals surface area contributed by atoms with Gasteiger partial charge in [0.2, 0.25) is 0 Å². The van der Waals surface area contributed by atoms with Crippen molar-refractivity contribution in [2.24, 2.45) is 0 Å². The summed E-state index contributed by atoms with van der Waals surface area (Å²) in [5, 5.41) is 3.28. The third kappa shape index (κ3) is 4.91. The molecule has 1 atom stereocenters. The number of hydrogen-bond donors (Lipinski definition) is 1. The van der Waals surface area contributed by atoms with E-state index in [2.05, 4.69) is 57.3 Å². The summed E-state index contributed by atoms with van der Waals surface area (Å²) in [6.07, 6.45) is 3.70. The second-order valence-corrected chi connectivity index (χ2v) is 6.03. The van der Waals surface area contributed by atoms with E-state index in [0.717, 1.165) is 0 Å². The third-order valence-electron chi connectivity index (χ3n) is 3.42. The van der Waals surface area contributed by atoms with Crippen molar-refractivity contribution in [1.82, 2.24) is 5.32 Å². The van der Waals surface area contributed by atoms with Crippen LogP contribution in [0.3, 0.4) is 0 Å². The molecule has 0 heterocycles. The molecule has 1 nitrogen and oxygen atoms in total. The molecule has 1 N–H and O–H groups in total. The lowest BCUT2D eigenvalue weighted by Crippen LogP contribution is -2.20. The van der Waals surface area contributed by atoms with Crippen molar-refractivity contribution >= 4 is 0 Å². The molecule has 0 spiro atoms. The molecule has 1 aromatic rings. The average Bonchev–Trinajstić information content (AvgIpc) is 2.28. The van der Waals surface area contributed by atoms with E-state index in [1.54, 1.807) is 0 Å². The lowest BCUT2D eigenvalue weighted by molar-refractivity contribution is 0.541. The summed E-state index contributed by atoms with van der Waals surface area (Å²) < 4.78 is 0. The second-order valence-electron chi connectivity index (χ2n) is 6.03. The van der Waals surface area contributed by atoms with Crippen LogP contribution in [-0.4, -0.2) is 13.1 Å². The van der Waals surface area contributed by atoms with E-state index in [-0.39, 0.29) is 5.41 Å². The minimum Gasteiger partial charge on any atom is -0.317 e. The summed E-state index contributed by atoms with van der Waals surface area (Å²) in [6.45, 7) is 9.02. The van der Waals surface area contributed by atoms with Crippen LogP contribution in [0.2, 0.25) is 0 Å². The molecular formula is C16H27N. The quantitative estimate of drug-likeness (QED) is 0.813. The summed E-state index contributed by atoms with van der Waals surface area (Å²) in [4.78, 5) is 0. The van der Waals surface area contributed by atoms with Crippen LogP contribution in [0.5, 0.6) is 0 Å². The summed E-state index contributed by atoms with van der Waals surface area (Å²) >= 11 is 0. The fourth-order valence-corrected chi connectivity index (χ4v) is 1.93. The van der Waals surface area contributed by atoms with Gasteiger partial charge in [0.15, 0.2) is 0 Å². The van der Waals surface area contributed by atoms with Crippen molar-refractivity contribution in [1.29, 1.82) is 0 Å². The van der Waals surface area contributed by atoms with Gasteiger partial charge in [-0.3, -0.25) is 0 Å². The lowest BCUT2D eigenvalue weighted by Gasteiger charge is -2.19. The monoisotopic (exact) mass is 233 g/mol. The molecule has 1 unspecified atom stereocenters. The van der Waals surface area contributed by atoms with Gasteiger partial charge >= 0.3 is 0 Å². The molecule has 0 aliphatic carbocycles. The minimum absolute atomic E-state index is 0.263. The van der Waals surface area contributed by atoms with E-state index in [1.807, 2.05) is 7.05 Å². The van der Waals surface area contributed by atoms with Crippen LogP contribution in [0.25, 0.3) is 0 Å². The first-order valence-electron chi connectivity index (χ1n) is 6.70. The van der Waals surface area contributed by atoms with E-state index >= 15 is 0 Å². The Balaban J connectivity index is 2.46. The number of rotatable bonds is 5. The largest absolute Gasteiger partial charge is 0.317 e. The average molecular weight is 233 g/mol. The maximum absolute atomic E-state index is 3.28. The first-order valence-corrected chi connectivity index (χ1v) is 6.70. The Morgan fingerprint density at radius 2 is 1.71 bits per heavy atom. The van der Waals surface area contributed by atoms with Gasteiger partial charge in [0.1, 0.15) is 0 Å². The molecular weight excluding hydrogens is 206 g/mol. The summed E-state index contributed by atoms with van der Waals surface area (Å²) in [5.41, 5.74) is 3.14. The van der Waals surface area contributed by atoms with E-state index in [0.29, 0.717) is 6.04 Å². The fourth-order valence-electron chi connectivity index (χ4n) is 1.93. The number of benzene rings is 1. The Morgan fingerprint density at radius 1 is 1.12 bits per heavy atom. The molecule has 96 valence electrons. The number of hydrogen-bond acceptors (Lipinski definition) is 1. The zero-order chi connectivity index (χ0) is 12.9. The minimum atomic E-state index is 0.263. The van der Waals surface area contributed by atoms with E-state index in [4.69, 9.17) is 0 Å². The molecule has 0 bridgehead atoms. The first-order chi connectivity index (χ1) is 7.93. The Bertz CT molecular complexity index is 318. The molecule has 0 saturated carbocycles. The molecule has 17 heavy (non-hydrogen) atoms. The molecule has 0 fully saturated rings. The van der Waals surface area contributed by atoms with Crippen LogP contribution in [0.4, 0.5) is 0 Å². The van der Waals surface area contributed by atoms with Crippen molar-refractivity contribution in [3.8, 4) is 0 Å². The normalized spacial score (nSPS) is 13.7. The Hall–Kier alpha value is -0.820. The summed E-state index contributed by atoms with van der Waals surface area (Å²) in [6, 6.07) is 9.74. The topological polar surface area (TPSA) is 12.0 Å². The molecule has 0 radical (unpaired) electrons. The SMILES string of the molecule is CNC(C)CCCc1ccc(C(C)(C)C)cc1. The number of aryl methyl sites for hydroxylation is 1. The van der Waals surface area contributed by atoms with Gasteiger partial charge in [-0.05, 0) is 49.8 Å². The van der Waals surface area contributed by atoms with Gasteiger partial charge in [0.25, 0.3) is 0 Å². The molecule has 1 rings (SSSR count).